The second-order valence-electron chi connectivity index (χ2n) is 5.43. The maximum atomic E-state index is 12.5. The number of hydrogen-bond donors (Lipinski definition) is 2. The Balaban J connectivity index is 2.04. The summed E-state index contributed by atoms with van der Waals surface area (Å²) in [5, 5.41) is 6.19. The predicted molar refractivity (Wildman–Crippen MR) is 93.8 cm³/mol. The first-order valence-corrected chi connectivity index (χ1v) is 7.90. The number of aldehydes is 1. The molecule has 0 aliphatic heterocycles. The molecular formula is C19H22N2O2. The van der Waals surface area contributed by atoms with Crippen molar-refractivity contribution in [1.82, 2.24) is 0 Å². The van der Waals surface area contributed by atoms with Crippen LogP contribution in [0.5, 0.6) is 0 Å². The lowest BCUT2D eigenvalue weighted by Crippen LogP contribution is -2.34. The molecule has 0 bridgehead atoms. The third-order valence-corrected chi connectivity index (χ3v) is 3.59. The van der Waals surface area contributed by atoms with Gasteiger partial charge in [0, 0.05) is 16.9 Å². The van der Waals surface area contributed by atoms with E-state index in [0.29, 0.717) is 11.3 Å². The number of carbonyl (C=O) groups is 2. The van der Waals surface area contributed by atoms with Crippen molar-refractivity contribution in [2.24, 2.45) is 0 Å². The molecule has 1 unspecified atom stereocenters. The largest absolute Gasteiger partial charge is 0.374 e. The molecule has 2 N–H and O–H groups in total. The number of nitrogens with one attached hydrogen (secondary N) is 2. The molecule has 2 aromatic carbocycles. The molecule has 2 aromatic rings. The van der Waals surface area contributed by atoms with Crippen LogP contribution in [-0.2, 0) is 4.79 Å². The zero-order valence-electron chi connectivity index (χ0n) is 13.3. The third kappa shape index (κ3) is 5.25. The van der Waals surface area contributed by atoms with E-state index in [4.69, 9.17) is 0 Å². The van der Waals surface area contributed by atoms with Crippen LogP contribution in [0.1, 0.15) is 36.5 Å². The number of benzene rings is 2. The smallest absolute Gasteiger partial charge is 0.246 e. The molecular weight excluding hydrogens is 288 g/mol. The predicted octanol–water partition coefficient (Wildman–Crippen LogP) is 4.11. The van der Waals surface area contributed by atoms with E-state index >= 15 is 0 Å². The molecule has 0 aromatic heterocycles. The quantitative estimate of drug-likeness (QED) is 0.721. The summed E-state index contributed by atoms with van der Waals surface area (Å²) in [5.74, 6) is -0.0684. The van der Waals surface area contributed by atoms with Gasteiger partial charge >= 0.3 is 0 Å². The molecule has 0 spiro atoms. The zero-order chi connectivity index (χ0) is 16.5. The van der Waals surface area contributed by atoms with Gasteiger partial charge in [0.1, 0.15) is 12.3 Å². The number of hydrogen-bond acceptors (Lipinski definition) is 3. The molecule has 0 radical (unpaired) electrons. The Kier molecular flexibility index (Phi) is 6.36. The molecule has 23 heavy (non-hydrogen) atoms. The van der Waals surface area contributed by atoms with Crippen LogP contribution < -0.4 is 10.6 Å². The SMILES string of the molecule is CCCCC(Nc1ccccc1)C(=O)Nc1ccc(C=O)cc1. The van der Waals surface area contributed by atoms with Crippen molar-refractivity contribution in [2.45, 2.75) is 32.2 Å². The minimum atomic E-state index is -0.289. The van der Waals surface area contributed by atoms with Crippen LogP contribution in [0.15, 0.2) is 54.6 Å². The van der Waals surface area contributed by atoms with Crippen LogP contribution in [0.25, 0.3) is 0 Å². The number of anilines is 2. The van der Waals surface area contributed by atoms with Crippen LogP contribution in [0.3, 0.4) is 0 Å². The highest BCUT2D eigenvalue weighted by Crippen LogP contribution is 2.14. The Morgan fingerprint density at radius 3 is 2.35 bits per heavy atom. The first-order valence-electron chi connectivity index (χ1n) is 7.90. The number of unbranched alkanes of at least 4 members (excludes halogenated alkanes) is 1. The van der Waals surface area contributed by atoms with E-state index < -0.39 is 0 Å². The fourth-order valence-corrected chi connectivity index (χ4v) is 2.29. The van der Waals surface area contributed by atoms with E-state index in [9.17, 15) is 9.59 Å². The molecule has 120 valence electrons. The molecule has 0 saturated carbocycles. The van der Waals surface area contributed by atoms with Crippen molar-refractivity contribution in [3.63, 3.8) is 0 Å². The Labute approximate surface area is 136 Å². The highest BCUT2D eigenvalue weighted by atomic mass is 16.2. The molecule has 0 saturated heterocycles. The minimum Gasteiger partial charge on any atom is -0.374 e. The van der Waals surface area contributed by atoms with E-state index in [0.717, 1.165) is 31.2 Å². The highest BCUT2D eigenvalue weighted by Gasteiger charge is 2.17. The van der Waals surface area contributed by atoms with Crippen LogP contribution in [-0.4, -0.2) is 18.2 Å². The van der Waals surface area contributed by atoms with E-state index in [2.05, 4.69) is 17.6 Å². The van der Waals surface area contributed by atoms with Crippen molar-refractivity contribution in [3.8, 4) is 0 Å². The summed E-state index contributed by atoms with van der Waals surface area (Å²) in [6.45, 7) is 2.11. The average Bonchev–Trinajstić information content (AvgIpc) is 2.60. The van der Waals surface area contributed by atoms with Gasteiger partial charge < -0.3 is 10.6 Å². The Morgan fingerprint density at radius 2 is 1.74 bits per heavy atom. The molecule has 0 fully saturated rings. The van der Waals surface area contributed by atoms with Crippen molar-refractivity contribution < 1.29 is 9.59 Å². The fraction of sp³-hybridized carbons (Fsp3) is 0.263. The number of rotatable bonds is 8. The van der Waals surface area contributed by atoms with Crippen molar-refractivity contribution >= 4 is 23.6 Å². The van der Waals surface area contributed by atoms with Crippen LogP contribution in [0.4, 0.5) is 11.4 Å². The summed E-state index contributed by atoms with van der Waals surface area (Å²) >= 11 is 0. The van der Waals surface area contributed by atoms with Gasteiger partial charge in [-0.25, -0.2) is 0 Å². The summed E-state index contributed by atoms with van der Waals surface area (Å²) in [6, 6.07) is 16.3. The van der Waals surface area contributed by atoms with Crippen LogP contribution >= 0.6 is 0 Å². The maximum Gasteiger partial charge on any atom is 0.246 e. The van der Waals surface area contributed by atoms with Crippen LogP contribution in [0.2, 0.25) is 0 Å². The molecule has 0 heterocycles. The molecule has 4 heteroatoms. The molecule has 0 aliphatic carbocycles. The summed E-state index contributed by atoms with van der Waals surface area (Å²) < 4.78 is 0. The van der Waals surface area contributed by atoms with E-state index in [1.807, 2.05) is 30.3 Å². The fourth-order valence-electron chi connectivity index (χ4n) is 2.29. The summed E-state index contributed by atoms with van der Waals surface area (Å²) in [5.41, 5.74) is 2.21. The lowest BCUT2D eigenvalue weighted by Gasteiger charge is -2.19. The maximum absolute atomic E-state index is 12.5. The standard InChI is InChI=1S/C19H22N2O2/c1-2-3-9-18(20-16-7-5-4-6-8-16)19(23)21-17-12-10-15(14-22)11-13-17/h4-8,10-14,18,20H,2-3,9H2,1H3,(H,21,23). The molecule has 1 amide bonds. The van der Waals surface area contributed by atoms with Gasteiger partial charge in [-0.3, -0.25) is 9.59 Å². The van der Waals surface area contributed by atoms with E-state index in [-0.39, 0.29) is 11.9 Å². The normalized spacial score (nSPS) is 11.5. The summed E-state index contributed by atoms with van der Waals surface area (Å²) in [7, 11) is 0. The lowest BCUT2D eigenvalue weighted by atomic mass is 10.1. The molecule has 1 atom stereocenters. The average molecular weight is 310 g/mol. The molecule has 0 aliphatic rings. The van der Waals surface area contributed by atoms with Gasteiger partial charge in [0.25, 0.3) is 0 Å². The lowest BCUT2D eigenvalue weighted by molar-refractivity contribution is -0.117. The summed E-state index contributed by atoms with van der Waals surface area (Å²) in [6.07, 6.45) is 3.56. The van der Waals surface area contributed by atoms with Crippen LogP contribution in [0, 0.1) is 0 Å². The zero-order valence-corrected chi connectivity index (χ0v) is 13.3. The van der Waals surface area contributed by atoms with Crippen molar-refractivity contribution in [1.29, 1.82) is 0 Å². The Morgan fingerprint density at radius 1 is 1.04 bits per heavy atom. The number of amides is 1. The van der Waals surface area contributed by atoms with Crippen molar-refractivity contribution in [2.75, 3.05) is 10.6 Å². The molecule has 2 rings (SSSR count). The van der Waals surface area contributed by atoms with Gasteiger partial charge in [0.2, 0.25) is 5.91 Å². The van der Waals surface area contributed by atoms with Crippen molar-refractivity contribution in [3.05, 3.63) is 60.2 Å². The second kappa shape index (κ2) is 8.73. The van der Waals surface area contributed by atoms with E-state index in [1.165, 1.54) is 0 Å². The van der Waals surface area contributed by atoms with Gasteiger partial charge in [-0.1, -0.05) is 38.0 Å². The Bertz CT molecular complexity index is 624. The monoisotopic (exact) mass is 310 g/mol. The van der Waals surface area contributed by atoms with Gasteiger partial charge in [-0.2, -0.15) is 0 Å². The van der Waals surface area contributed by atoms with E-state index in [1.54, 1.807) is 24.3 Å². The van der Waals surface area contributed by atoms with Gasteiger partial charge in [0.05, 0.1) is 0 Å². The second-order valence-corrected chi connectivity index (χ2v) is 5.43. The Hall–Kier alpha value is -2.62. The van der Waals surface area contributed by atoms with Gasteiger partial charge in [0.15, 0.2) is 0 Å². The van der Waals surface area contributed by atoms with Gasteiger partial charge in [-0.15, -0.1) is 0 Å². The molecule has 4 nitrogen and oxygen atoms in total. The number of para-hydroxylation sites is 1. The topological polar surface area (TPSA) is 58.2 Å². The third-order valence-electron chi connectivity index (χ3n) is 3.59. The van der Waals surface area contributed by atoms with Gasteiger partial charge in [-0.05, 0) is 42.8 Å². The first-order chi connectivity index (χ1) is 11.2. The summed E-state index contributed by atoms with van der Waals surface area (Å²) in [4.78, 5) is 23.2. The number of carbonyl (C=O) groups excluding carboxylic acids is 2. The minimum absolute atomic E-state index is 0.0684. The highest BCUT2D eigenvalue weighted by molar-refractivity contribution is 5.96. The first kappa shape index (κ1) is 16.7.